The van der Waals surface area contributed by atoms with Gasteiger partial charge in [0.25, 0.3) is 0 Å². The van der Waals surface area contributed by atoms with Gasteiger partial charge in [-0.25, -0.2) is 0 Å². The predicted octanol–water partition coefficient (Wildman–Crippen LogP) is 2.18. The Balaban J connectivity index is 1.78. The lowest BCUT2D eigenvalue weighted by Gasteiger charge is -2.60. The second-order valence-electron chi connectivity index (χ2n) is 6.58. The number of hydrogen-bond donors (Lipinski definition) is 2. The Labute approximate surface area is 95.9 Å². The van der Waals surface area contributed by atoms with E-state index in [2.05, 4.69) is 0 Å². The van der Waals surface area contributed by atoms with Crippen molar-refractivity contribution in [2.24, 2.45) is 17.3 Å². The van der Waals surface area contributed by atoms with Crippen LogP contribution in [0.2, 0.25) is 0 Å². The van der Waals surface area contributed by atoms with Crippen LogP contribution in [0.4, 0.5) is 0 Å². The molecule has 0 aromatic rings. The van der Waals surface area contributed by atoms with Gasteiger partial charge >= 0.3 is 5.97 Å². The average molecular weight is 224 g/mol. The second-order valence-corrected chi connectivity index (χ2v) is 6.58. The summed E-state index contributed by atoms with van der Waals surface area (Å²) >= 11 is 0. The summed E-state index contributed by atoms with van der Waals surface area (Å²) in [7, 11) is 0. The van der Waals surface area contributed by atoms with E-state index in [9.17, 15) is 9.90 Å². The fraction of sp³-hybridized carbons (Fsp3) is 0.923. The second kappa shape index (κ2) is 3.22. The van der Waals surface area contributed by atoms with Crippen LogP contribution in [0.5, 0.6) is 0 Å². The van der Waals surface area contributed by atoms with Crippen LogP contribution in [-0.4, -0.2) is 21.8 Å². The molecule has 4 rings (SSSR count). The molecule has 0 amide bonds. The number of aliphatic hydroxyl groups is 1. The Morgan fingerprint density at radius 3 is 2.31 bits per heavy atom. The largest absolute Gasteiger partial charge is 0.481 e. The van der Waals surface area contributed by atoms with Crippen molar-refractivity contribution in [3.05, 3.63) is 0 Å². The minimum absolute atomic E-state index is 0.164. The molecular formula is C13H20O3. The standard InChI is InChI=1S/C13H20O3/c14-11(15)1-2-12-4-9-3-10(5-12)7-13(16,6-9)8-12/h9-10,16H,1-8H2,(H,14,15)/t9-,10-,12?,13?/m0/s1. The molecule has 2 atom stereocenters. The van der Waals surface area contributed by atoms with Crippen molar-refractivity contribution in [2.45, 2.75) is 57.0 Å². The molecule has 4 aliphatic rings. The minimum Gasteiger partial charge on any atom is -0.481 e. The zero-order valence-corrected chi connectivity index (χ0v) is 9.61. The lowest BCUT2D eigenvalue weighted by atomic mass is 9.47. The van der Waals surface area contributed by atoms with E-state index in [1.165, 1.54) is 19.3 Å². The molecule has 0 heterocycles. The summed E-state index contributed by atoms with van der Waals surface area (Å²) in [6, 6.07) is 0. The molecular weight excluding hydrogens is 204 g/mol. The smallest absolute Gasteiger partial charge is 0.303 e. The van der Waals surface area contributed by atoms with Crippen molar-refractivity contribution in [3.8, 4) is 0 Å². The van der Waals surface area contributed by atoms with E-state index in [-0.39, 0.29) is 11.8 Å². The Morgan fingerprint density at radius 2 is 1.81 bits per heavy atom. The van der Waals surface area contributed by atoms with Gasteiger partial charge in [-0.2, -0.15) is 0 Å². The summed E-state index contributed by atoms with van der Waals surface area (Å²) in [5, 5.41) is 19.3. The molecule has 4 aliphatic carbocycles. The van der Waals surface area contributed by atoms with Gasteiger partial charge in [0.2, 0.25) is 0 Å². The highest BCUT2D eigenvalue weighted by Crippen LogP contribution is 2.63. The minimum atomic E-state index is -0.692. The number of carboxylic acid groups (broad SMARTS) is 1. The monoisotopic (exact) mass is 224 g/mol. The maximum Gasteiger partial charge on any atom is 0.303 e. The first-order chi connectivity index (χ1) is 7.49. The van der Waals surface area contributed by atoms with Crippen LogP contribution in [-0.2, 0) is 4.79 Å². The van der Waals surface area contributed by atoms with Gasteiger partial charge in [0, 0.05) is 6.42 Å². The van der Waals surface area contributed by atoms with Crippen molar-refractivity contribution in [1.29, 1.82) is 0 Å². The molecule has 3 nitrogen and oxygen atoms in total. The third-order valence-electron chi connectivity index (χ3n) is 5.02. The Morgan fingerprint density at radius 1 is 1.19 bits per heavy atom. The summed E-state index contributed by atoms with van der Waals surface area (Å²) < 4.78 is 0. The normalized spacial score (nSPS) is 49.6. The molecule has 2 N–H and O–H groups in total. The van der Waals surface area contributed by atoms with Gasteiger partial charge in [-0.3, -0.25) is 4.79 Å². The fourth-order valence-corrected chi connectivity index (χ4v) is 5.07. The highest BCUT2D eigenvalue weighted by molar-refractivity contribution is 5.66. The van der Waals surface area contributed by atoms with Gasteiger partial charge in [0.1, 0.15) is 0 Å². The van der Waals surface area contributed by atoms with Crippen LogP contribution in [0.25, 0.3) is 0 Å². The lowest BCUT2D eigenvalue weighted by molar-refractivity contribution is -0.168. The van der Waals surface area contributed by atoms with E-state index in [1.807, 2.05) is 0 Å². The third-order valence-corrected chi connectivity index (χ3v) is 5.02. The van der Waals surface area contributed by atoms with Gasteiger partial charge in [0.15, 0.2) is 0 Å². The summed E-state index contributed by atoms with van der Waals surface area (Å²) in [4.78, 5) is 10.7. The maximum atomic E-state index is 10.7. The summed E-state index contributed by atoms with van der Waals surface area (Å²) in [5.41, 5.74) is -0.278. The molecule has 0 saturated heterocycles. The third kappa shape index (κ3) is 1.65. The zero-order chi connectivity index (χ0) is 11.4. The highest BCUT2D eigenvalue weighted by Gasteiger charge is 2.56. The van der Waals surface area contributed by atoms with Gasteiger partial charge in [-0.05, 0) is 62.2 Å². The van der Waals surface area contributed by atoms with Crippen molar-refractivity contribution in [1.82, 2.24) is 0 Å². The van der Waals surface area contributed by atoms with Crippen LogP contribution >= 0.6 is 0 Å². The molecule has 4 bridgehead atoms. The number of rotatable bonds is 3. The quantitative estimate of drug-likeness (QED) is 0.772. The molecule has 4 saturated carbocycles. The molecule has 0 spiro atoms. The first-order valence-electron chi connectivity index (χ1n) is 6.43. The SMILES string of the molecule is O=C(O)CCC12C[C@@H]3C[C@H](CC(O)(C3)C1)C2. The first-order valence-corrected chi connectivity index (χ1v) is 6.43. The Kier molecular flexibility index (Phi) is 2.13. The van der Waals surface area contributed by atoms with Gasteiger partial charge in [0.05, 0.1) is 5.60 Å². The number of carbonyl (C=O) groups is 1. The molecule has 16 heavy (non-hydrogen) atoms. The predicted molar refractivity (Wildman–Crippen MR) is 58.9 cm³/mol. The van der Waals surface area contributed by atoms with Crippen molar-refractivity contribution < 1.29 is 15.0 Å². The van der Waals surface area contributed by atoms with E-state index < -0.39 is 11.6 Å². The maximum absolute atomic E-state index is 10.7. The molecule has 0 aromatic heterocycles. The van der Waals surface area contributed by atoms with E-state index in [1.54, 1.807) is 0 Å². The fourth-order valence-electron chi connectivity index (χ4n) is 5.07. The molecule has 0 radical (unpaired) electrons. The van der Waals surface area contributed by atoms with Crippen molar-refractivity contribution in [2.75, 3.05) is 0 Å². The van der Waals surface area contributed by atoms with Crippen LogP contribution in [0.15, 0.2) is 0 Å². The number of aliphatic carboxylic acids is 1. The summed E-state index contributed by atoms with van der Waals surface area (Å²) in [5.74, 6) is 0.642. The molecule has 0 aromatic carbocycles. The van der Waals surface area contributed by atoms with Crippen molar-refractivity contribution >= 4 is 5.97 Å². The molecule has 0 unspecified atom stereocenters. The van der Waals surface area contributed by atoms with E-state index >= 15 is 0 Å². The van der Waals surface area contributed by atoms with Gasteiger partial charge < -0.3 is 10.2 Å². The number of carboxylic acids is 1. The topological polar surface area (TPSA) is 57.5 Å². The number of hydrogen-bond acceptors (Lipinski definition) is 2. The zero-order valence-electron chi connectivity index (χ0n) is 9.61. The van der Waals surface area contributed by atoms with Crippen LogP contribution in [0, 0.1) is 17.3 Å². The van der Waals surface area contributed by atoms with E-state index in [0.717, 1.165) is 25.7 Å². The van der Waals surface area contributed by atoms with Crippen LogP contribution < -0.4 is 0 Å². The molecule has 3 heteroatoms. The molecule has 90 valence electrons. The van der Waals surface area contributed by atoms with Gasteiger partial charge in [-0.1, -0.05) is 0 Å². The van der Waals surface area contributed by atoms with Crippen molar-refractivity contribution in [3.63, 3.8) is 0 Å². The highest BCUT2D eigenvalue weighted by atomic mass is 16.4. The molecule has 0 aliphatic heterocycles. The van der Waals surface area contributed by atoms with Gasteiger partial charge in [-0.15, -0.1) is 0 Å². The van der Waals surface area contributed by atoms with E-state index in [0.29, 0.717) is 11.8 Å². The summed E-state index contributed by atoms with van der Waals surface area (Å²) in [6.45, 7) is 0. The summed E-state index contributed by atoms with van der Waals surface area (Å²) in [6.07, 6.45) is 7.46. The Bertz CT molecular complexity index is 309. The first kappa shape index (κ1) is 10.6. The Hall–Kier alpha value is -0.570. The molecule has 4 fully saturated rings. The van der Waals surface area contributed by atoms with Crippen LogP contribution in [0.3, 0.4) is 0 Å². The van der Waals surface area contributed by atoms with E-state index in [4.69, 9.17) is 5.11 Å². The lowest BCUT2D eigenvalue weighted by Crippen LogP contribution is -2.55. The van der Waals surface area contributed by atoms with Crippen LogP contribution in [0.1, 0.15) is 51.4 Å². The average Bonchev–Trinajstić information content (AvgIpc) is 2.10.